The first-order valence-electron chi connectivity index (χ1n) is 7.17. The lowest BCUT2D eigenvalue weighted by molar-refractivity contribution is 0.156. The van der Waals surface area contributed by atoms with Gasteiger partial charge in [-0.15, -0.1) is 0 Å². The second-order valence-corrected chi connectivity index (χ2v) is 5.44. The summed E-state index contributed by atoms with van der Waals surface area (Å²) in [6.45, 7) is 6.36. The van der Waals surface area contributed by atoms with Crippen LogP contribution < -0.4 is 10.2 Å². The van der Waals surface area contributed by atoms with Gasteiger partial charge in [-0.3, -0.25) is 4.98 Å². The summed E-state index contributed by atoms with van der Waals surface area (Å²) in [7, 11) is 1.77. The van der Waals surface area contributed by atoms with Crippen molar-refractivity contribution in [2.45, 2.75) is 25.8 Å². The van der Waals surface area contributed by atoms with Gasteiger partial charge in [0, 0.05) is 57.5 Å². The average Bonchev–Trinajstić information content (AvgIpc) is 2.47. The topological polar surface area (TPSA) is 37.4 Å². The van der Waals surface area contributed by atoms with Crippen LogP contribution in [0.2, 0.25) is 0 Å². The first-order chi connectivity index (χ1) is 9.29. The Kier molecular flexibility index (Phi) is 5.61. The second-order valence-electron chi connectivity index (χ2n) is 5.44. The smallest absolute Gasteiger partial charge is 0.0499 e. The third-order valence-corrected chi connectivity index (χ3v) is 3.73. The van der Waals surface area contributed by atoms with Gasteiger partial charge in [-0.1, -0.05) is 6.92 Å². The normalized spacial score (nSPS) is 18.5. The van der Waals surface area contributed by atoms with E-state index in [9.17, 15) is 0 Å². The number of ether oxygens (including phenoxy) is 1. The molecule has 0 radical (unpaired) electrons. The van der Waals surface area contributed by atoms with Crippen LogP contribution >= 0.6 is 0 Å². The second kappa shape index (κ2) is 7.46. The van der Waals surface area contributed by atoms with Crippen molar-refractivity contribution in [3.8, 4) is 0 Å². The number of aromatic nitrogens is 1. The van der Waals surface area contributed by atoms with E-state index in [1.165, 1.54) is 18.5 Å². The van der Waals surface area contributed by atoms with Crippen molar-refractivity contribution in [3.05, 3.63) is 24.5 Å². The van der Waals surface area contributed by atoms with Crippen LogP contribution in [0.15, 0.2) is 24.5 Å². The number of piperidine rings is 1. The molecule has 1 saturated heterocycles. The number of rotatable bonds is 6. The van der Waals surface area contributed by atoms with Crippen molar-refractivity contribution in [3.63, 3.8) is 0 Å². The highest BCUT2D eigenvalue weighted by Crippen LogP contribution is 2.18. The number of nitrogens with zero attached hydrogens (tertiary/aromatic N) is 2. The Bertz CT molecular complexity index is 350. The predicted octanol–water partition coefficient (Wildman–Crippen LogP) is 1.92. The molecular formula is C15H25N3O. The Hall–Kier alpha value is -1.13. The third kappa shape index (κ3) is 4.48. The molecule has 1 atom stereocenters. The SMILES string of the molecule is COCC(C)CNC1CCN(c2ccncc2)CC1. The van der Waals surface area contributed by atoms with Crippen LogP contribution in [0.5, 0.6) is 0 Å². The summed E-state index contributed by atoms with van der Waals surface area (Å²) < 4.78 is 5.16. The fourth-order valence-corrected chi connectivity index (χ4v) is 2.61. The van der Waals surface area contributed by atoms with E-state index < -0.39 is 0 Å². The number of anilines is 1. The molecule has 0 saturated carbocycles. The maximum Gasteiger partial charge on any atom is 0.0499 e. The minimum atomic E-state index is 0.586. The lowest BCUT2D eigenvalue weighted by Gasteiger charge is -2.34. The number of hydrogen-bond donors (Lipinski definition) is 1. The molecule has 0 aliphatic carbocycles. The monoisotopic (exact) mass is 263 g/mol. The third-order valence-electron chi connectivity index (χ3n) is 3.73. The highest BCUT2D eigenvalue weighted by atomic mass is 16.5. The summed E-state index contributed by atoms with van der Waals surface area (Å²) in [4.78, 5) is 6.51. The van der Waals surface area contributed by atoms with E-state index in [1.54, 1.807) is 7.11 Å². The first-order valence-corrected chi connectivity index (χ1v) is 7.17. The van der Waals surface area contributed by atoms with Crippen molar-refractivity contribution >= 4 is 5.69 Å². The van der Waals surface area contributed by atoms with Gasteiger partial charge in [-0.05, 0) is 30.9 Å². The molecule has 1 aliphatic rings. The van der Waals surface area contributed by atoms with Crippen molar-refractivity contribution in [1.29, 1.82) is 0 Å². The van der Waals surface area contributed by atoms with Crippen LogP contribution in [0.25, 0.3) is 0 Å². The fourth-order valence-electron chi connectivity index (χ4n) is 2.61. The minimum Gasteiger partial charge on any atom is -0.384 e. The molecule has 2 heterocycles. The van der Waals surface area contributed by atoms with Gasteiger partial charge in [0.15, 0.2) is 0 Å². The fraction of sp³-hybridized carbons (Fsp3) is 0.667. The van der Waals surface area contributed by atoms with Crippen LogP contribution in [0.1, 0.15) is 19.8 Å². The summed E-state index contributed by atoms with van der Waals surface area (Å²) in [5, 5.41) is 3.66. The zero-order chi connectivity index (χ0) is 13.5. The van der Waals surface area contributed by atoms with E-state index in [4.69, 9.17) is 4.74 Å². The quantitative estimate of drug-likeness (QED) is 0.851. The van der Waals surface area contributed by atoms with Crippen LogP contribution in [-0.4, -0.2) is 44.4 Å². The van der Waals surface area contributed by atoms with E-state index in [0.29, 0.717) is 12.0 Å². The molecule has 106 valence electrons. The molecule has 0 spiro atoms. The van der Waals surface area contributed by atoms with Gasteiger partial charge >= 0.3 is 0 Å². The molecule has 1 unspecified atom stereocenters. The highest BCUT2D eigenvalue weighted by molar-refractivity contribution is 5.44. The van der Waals surface area contributed by atoms with Crippen LogP contribution in [0, 0.1) is 5.92 Å². The Morgan fingerprint density at radius 3 is 2.68 bits per heavy atom. The van der Waals surface area contributed by atoms with Crippen molar-refractivity contribution < 1.29 is 4.74 Å². The lowest BCUT2D eigenvalue weighted by Crippen LogP contribution is -2.44. The first kappa shape index (κ1) is 14.3. The number of methoxy groups -OCH3 is 1. The molecule has 0 amide bonds. The summed E-state index contributed by atoms with van der Waals surface area (Å²) in [5.74, 6) is 0.586. The summed E-state index contributed by atoms with van der Waals surface area (Å²) in [5.41, 5.74) is 1.29. The molecule has 0 bridgehead atoms. The Balaban J connectivity index is 1.71. The molecule has 4 nitrogen and oxygen atoms in total. The molecule has 4 heteroatoms. The Labute approximate surface area is 116 Å². The summed E-state index contributed by atoms with van der Waals surface area (Å²) in [6.07, 6.45) is 6.16. The van der Waals surface area contributed by atoms with Gasteiger partial charge in [0.2, 0.25) is 0 Å². The predicted molar refractivity (Wildman–Crippen MR) is 78.5 cm³/mol. The minimum absolute atomic E-state index is 0.586. The summed E-state index contributed by atoms with van der Waals surface area (Å²) >= 11 is 0. The van der Waals surface area contributed by atoms with E-state index >= 15 is 0 Å². The highest BCUT2D eigenvalue weighted by Gasteiger charge is 2.19. The zero-order valence-corrected chi connectivity index (χ0v) is 12.0. The maximum atomic E-state index is 5.16. The standard InChI is InChI=1S/C15H25N3O/c1-13(12-19-2)11-17-14-5-9-18(10-6-14)15-3-7-16-8-4-15/h3-4,7-8,13-14,17H,5-6,9-12H2,1-2H3. The zero-order valence-electron chi connectivity index (χ0n) is 12.0. The van der Waals surface area contributed by atoms with Gasteiger partial charge in [0.1, 0.15) is 0 Å². The van der Waals surface area contributed by atoms with Crippen molar-refractivity contribution in [2.24, 2.45) is 5.92 Å². The van der Waals surface area contributed by atoms with E-state index in [1.807, 2.05) is 12.4 Å². The number of pyridine rings is 1. The number of nitrogens with one attached hydrogen (secondary N) is 1. The van der Waals surface area contributed by atoms with E-state index in [2.05, 4.69) is 34.3 Å². The van der Waals surface area contributed by atoms with Crippen LogP contribution in [-0.2, 0) is 4.74 Å². The molecule has 1 aliphatic heterocycles. The molecule has 0 aromatic carbocycles. The molecule has 1 aromatic heterocycles. The van der Waals surface area contributed by atoms with Gasteiger partial charge in [0.25, 0.3) is 0 Å². The molecule has 19 heavy (non-hydrogen) atoms. The van der Waals surface area contributed by atoms with Crippen LogP contribution in [0.3, 0.4) is 0 Å². The average molecular weight is 263 g/mol. The molecule has 1 fully saturated rings. The summed E-state index contributed by atoms with van der Waals surface area (Å²) in [6, 6.07) is 4.83. The van der Waals surface area contributed by atoms with Crippen molar-refractivity contribution in [1.82, 2.24) is 10.3 Å². The van der Waals surface area contributed by atoms with Gasteiger partial charge in [-0.2, -0.15) is 0 Å². The van der Waals surface area contributed by atoms with E-state index in [0.717, 1.165) is 26.2 Å². The van der Waals surface area contributed by atoms with Gasteiger partial charge < -0.3 is 15.0 Å². The van der Waals surface area contributed by atoms with Crippen molar-refractivity contribution in [2.75, 3.05) is 38.3 Å². The maximum absolute atomic E-state index is 5.16. The Morgan fingerprint density at radius 2 is 2.05 bits per heavy atom. The molecule has 1 aromatic rings. The largest absolute Gasteiger partial charge is 0.384 e. The molecule has 2 rings (SSSR count). The van der Waals surface area contributed by atoms with E-state index in [-0.39, 0.29) is 0 Å². The van der Waals surface area contributed by atoms with Gasteiger partial charge in [-0.25, -0.2) is 0 Å². The van der Waals surface area contributed by atoms with Crippen LogP contribution in [0.4, 0.5) is 5.69 Å². The molecular weight excluding hydrogens is 238 g/mol. The Morgan fingerprint density at radius 1 is 1.37 bits per heavy atom. The molecule has 1 N–H and O–H groups in total. The van der Waals surface area contributed by atoms with Gasteiger partial charge in [0.05, 0.1) is 0 Å². The number of hydrogen-bond acceptors (Lipinski definition) is 4. The lowest BCUT2D eigenvalue weighted by atomic mass is 10.0.